The van der Waals surface area contributed by atoms with Crippen LogP contribution in [0.4, 0.5) is 0 Å². The molecule has 0 unspecified atom stereocenters. The second-order valence-corrected chi connectivity index (χ2v) is 7.49. The van der Waals surface area contributed by atoms with Crippen molar-refractivity contribution in [2.45, 2.75) is 32.0 Å². The Bertz CT molecular complexity index is 815. The predicted molar refractivity (Wildman–Crippen MR) is 97.6 cm³/mol. The topological polar surface area (TPSA) is 34.1 Å². The number of rotatable bonds is 2. The molecule has 24 heavy (non-hydrogen) atoms. The van der Waals surface area contributed by atoms with Gasteiger partial charge < -0.3 is 9.47 Å². The van der Waals surface area contributed by atoms with Gasteiger partial charge >= 0.3 is 0 Å². The Labute approximate surface area is 150 Å². The molecule has 2 aromatic carbocycles. The summed E-state index contributed by atoms with van der Waals surface area (Å²) in [6.07, 6.45) is 0.864. The van der Waals surface area contributed by atoms with Gasteiger partial charge in [0.05, 0.1) is 18.9 Å². The van der Waals surface area contributed by atoms with Crippen molar-refractivity contribution in [1.82, 2.24) is 5.01 Å². The van der Waals surface area contributed by atoms with Gasteiger partial charge in [0.1, 0.15) is 11.5 Å². The standard InChI is InChI=1S/C19H19BrN2O2/c1-19(2)22-17(15-10-13(20)6-9-18(15)24-19)11-16(21-22)12-4-7-14(23-3)8-5-12/h4-10,17H,11H2,1-3H3/t17-/m0/s1. The third-order valence-electron chi connectivity index (χ3n) is 4.58. The second-order valence-electron chi connectivity index (χ2n) is 6.57. The van der Waals surface area contributed by atoms with E-state index in [1.807, 2.05) is 24.3 Å². The molecule has 0 saturated carbocycles. The monoisotopic (exact) mass is 386 g/mol. The quantitative estimate of drug-likeness (QED) is 0.747. The average molecular weight is 387 g/mol. The molecule has 2 aliphatic rings. The molecule has 2 aliphatic heterocycles. The molecular formula is C19H19BrN2O2. The summed E-state index contributed by atoms with van der Waals surface area (Å²) < 4.78 is 12.5. The Morgan fingerprint density at radius 3 is 2.67 bits per heavy atom. The van der Waals surface area contributed by atoms with Crippen molar-refractivity contribution in [2.24, 2.45) is 5.10 Å². The molecule has 5 heteroatoms. The summed E-state index contributed by atoms with van der Waals surface area (Å²) in [5.74, 6) is 1.80. The van der Waals surface area contributed by atoms with Crippen LogP contribution in [0.1, 0.15) is 37.4 Å². The fourth-order valence-electron chi connectivity index (χ4n) is 3.40. The molecule has 2 aromatic rings. The van der Waals surface area contributed by atoms with Gasteiger partial charge in [0, 0.05) is 16.5 Å². The van der Waals surface area contributed by atoms with Gasteiger partial charge in [-0.05, 0) is 61.9 Å². The van der Waals surface area contributed by atoms with Crippen LogP contribution >= 0.6 is 15.9 Å². The van der Waals surface area contributed by atoms with E-state index >= 15 is 0 Å². The largest absolute Gasteiger partial charge is 0.497 e. The Morgan fingerprint density at radius 1 is 1.21 bits per heavy atom. The SMILES string of the molecule is COc1ccc(C2=NN3[C@@H](C2)c2cc(Br)ccc2OC3(C)C)cc1. The van der Waals surface area contributed by atoms with Gasteiger partial charge in [-0.2, -0.15) is 5.10 Å². The van der Waals surface area contributed by atoms with Crippen molar-refractivity contribution in [3.8, 4) is 11.5 Å². The highest BCUT2D eigenvalue weighted by Gasteiger charge is 2.44. The van der Waals surface area contributed by atoms with E-state index in [-0.39, 0.29) is 6.04 Å². The molecule has 0 aromatic heterocycles. The first-order valence-electron chi connectivity index (χ1n) is 7.97. The molecular weight excluding hydrogens is 368 g/mol. The molecule has 4 rings (SSSR count). The van der Waals surface area contributed by atoms with Gasteiger partial charge in [-0.25, -0.2) is 5.01 Å². The van der Waals surface area contributed by atoms with Gasteiger partial charge in [0.25, 0.3) is 0 Å². The van der Waals surface area contributed by atoms with E-state index in [0.717, 1.165) is 33.7 Å². The second kappa shape index (κ2) is 5.52. The lowest BCUT2D eigenvalue weighted by atomic mass is 9.95. The molecule has 2 heterocycles. The van der Waals surface area contributed by atoms with Crippen LogP contribution in [0.2, 0.25) is 0 Å². The Kier molecular flexibility index (Phi) is 3.57. The molecule has 0 amide bonds. The van der Waals surface area contributed by atoms with Crippen LogP contribution in [0.5, 0.6) is 11.5 Å². The number of hydrogen-bond donors (Lipinski definition) is 0. The van der Waals surface area contributed by atoms with E-state index in [1.54, 1.807) is 7.11 Å². The van der Waals surface area contributed by atoms with Gasteiger partial charge in [-0.15, -0.1) is 0 Å². The first-order chi connectivity index (χ1) is 11.5. The van der Waals surface area contributed by atoms with Gasteiger partial charge in [-0.3, -0.25) is 0 Å². The van der Waals surface area contributed by atoms with Crippen LogP contribution in [0.3, 0.4) is 0 Å². The number of fused-ring (bicyclic) bond motifs is 3. The lowest BCUT2D eigenvalue weighted by Gasteiger charge is -2.43. The Morgan fingerprint density at radius 2 is 1.96 bits per heavy atom. The van der Waals surface area contributed by atoms with Crippen molar-refractivity contribution >= 4 is 21.6 Å². The van der Waals surface area contributed by atoms with Crippen LogP contribution < -0.4 is 9.47 Å². The first kappa shape index (κ1) is 15.5. The van der Waals surface area contributed by atoms with Crippen LogP contribution in [-0.2, 0) is 0 Å². The van der Waals surface area contributed by atoms with Crippen LogP contribution in [0.15, 0.2) is 52.0 Å². The molecule has 124 valence electrons. The van der Waals surface area contributed by atoms with Gasteiger partial charge in [-0.1, -0.05) is 15.9 Å². The number of halogens is 1. The molecule has 0 N–H and O–H groups in total. The fourth-order valence-corrected chi connectivity index (χ4v) is 3.77. The van der Waals surface area contributed by atoms with Crippen molar-refractivity contribution < 1.29 is 9.47 Å². The van der Waals surface area contributed by atoms with Crippen LogP contribution in [0, 0.1) is 0 Å². The van der Waals surface area contributed by atoms with Gasteiger partial charge in [0.2, 0.25) is 0 Å². The Balaban J connectivity index is 1.73. The molecule has 0 bridgehead atoms. The zero-order valence-corrected chi connectivity index (χ0v) is 15.5. The number of methoxy groups -OCH3 is 1. The first-order valence-corrected chi connectivity index (χ1v) is 8.77. The van der Waals surface area contributed by atoms with Crippen molar-refractivity contribution in [1.29, 1.82) is 0 Å². The summed E-state index contributed by atoms with van der Waals surface area (Å²) in [7, 11) is 1.68. The zero-order chi connectivity index (χ0) is 16.9. The summed E-state index contributed by atoms with van der Waals surface area (Å²) >= 11 is 3.57. The lowest BCUT2D eigenvalue weighted by molar-refractivity contribution is -0.0911. The molecule has 0 fully saturated rings. The fraction of sp³-hybridized carbons (Fsp3) is 0.316. The number of hydrazone groups is 1. The summed E-state index contributed by atoms with van der Waals surface area (Å²) in [5, 5.41) is 6.97. The van der Waals surface area contributed by atoms with E-state index in [2.05, 4.69) is 53.0 Å². The van der Waals surface area contributed by atoms with E-state index in [0.29, 0.717) is 0 Å². The highest BCUT2D eigenvalue weighted by atomic mass is 79.9. The van der Waals surface area contributed by atoms with E-state index in [9.17, 15) is 0 Å². The van der Waals surface area contributed by atoms with Gasteiger partial charge in [0.15, 0.2) is 5.72 Å². The molecule has 0 radical (unpaired) electrons. The average Bonchev–Trinajstić information content (AvgIpc) is 3.02. The smallest absolute Gasteiger partial charge is 0.192 e. The normalized spacial score (nSPS) is 20.8. The summed E-state index contributed by atoms with van der Waals surface area (Å²) in [4.78, 5) is 0. The maximum Gasteiger partial charge on any atom is 0.192 e. The van der Waals surface area contributed by atoms with Crippen molar-refractivity contribution in [3.63, 3.8) is 0 Å². The molecule has 0 aliphatic carbocycles. The predicted octanol–water partition coefficient (Wildman–Crippen LogP) is 4.74. The summed E-state index contributed by atoms with van der Waals surface area (Å²) in [5.41, 5.74) is 2.90. The lowest BCUT2D eigenvalue weighted by Crippen LogP contribution is -2.48. The molecule has 0 spiro atoms. The molecule has 1 atom stereocenters. The van der Waals surface area contributed by atoms with E-state index in [1.165, 1.54) is 5.56 Å². The zero-order valence-electron chi connectivity index (χ0n) is 13.9. The number of nitrogens with zero attached hydrogens (tertiary/aromatic N) is 2. The van der Waals surface area contributed by atoms with Crippen LogP contribution in [-0.4, -0.2) is 23.6 Å². The molecule has 4 nitrogen and oxygen atoms in total. The minimum absolute atomic E-state index is 0.193. The third kappa shape index (κ3) is 2.47. The van der Waals surface area contributed by atoms with E-state index < -0.39 is 5.72 Å². The summed E-state index contributed by atoms with van der Waals surface area (Å²) in [6, 6.07) is 14.4. The highest BCUT2D eigenvalue weighted by molar-refractivity contribution is 9.10. The highest BCUT2D eigenvalue weighted by Crippen LogP contribution is 2.47. The van der Waals surface area contributed by atoms with E-state index in [4.69, 9.17) is 14.6 Å². The molecule has 0 saturated heterocycles. The Hall–Kier alpha value is -2.01. The summed E-state index contributed by atoms with van der Waals surface area (Å²) in [6.45, 7) is 4.12. The van der Waals surface area contributed by atoms with Crippen molar-refractivity contribution in [2.75, 3.05) is 7.11 Å². The van der Waals surface area contributed by atoms with Crippen LogP contribution in [0.25, 0.3) is 0 Å². The minimum atomic E-state index is -0.473. The number of ether oxygens (including phenoxy) is 2. The maximum absolute atomic E-state index is 6.19. The minimum Gasteiger partial charge on any atom is -0.497 e. The third-order valence-corrected chi connectivity index (χ3v) is 5.07. The number of hydrogen-bond acceptors (Lipinski definition) is 4. The number of benzene rings is 2. The maximum atomic E-state index is 6.19. The van der Waals surface area contributed by atoms with Crippen molar-refractivity contribution in [3.05, 3.63) is 58.1 Å².